The van der Waals surface area contributed by atoms with Crippen LogP contribution in [0.15, 0.2) is 18.5 Å². The zero-order valence-electron chi connectivity index (χ0n) is 9.30. The van der Waals surface area contributed by atoms with E-state index in [9.17, 15) is 9.90 Å². The van der Waals surface area contributed by atoms with Crippen LogP contribution in [0.1, 0.15) is 23.2 Å². The normalized spacial score (nSPS) is 30.5. The van der Waals surface area contributed by atoms with Crippen molar-refractivity contribution in [2.24, 2.45) is 5.92 Å². The van der Waals surface area contributed by atoms with Crippen LogP contribution in [0.25, 0.3) is 0 Å². The average molecular weight is 234 g/mol. The lowest BCUT2D eigenvalue weighted by Gasteiger charge is -2.39. The van der Waals surface area contributed by atoms with Crippen LogP contribution in [-0.2, 0) is 4.74 Å². The molecule has 17 heavy (non-hydrogen) atoms. The van der Waals surface area contributed by atoms with E-state index in [1.54, 1.807) is 0 Å². The molecular formula is C12H14N2O3. The van der Waals surface area contributed by atoms with Gasteiger partial charge in [-0.05, 0) is 18.9 Å². The van der Waals surface area contributed by atoms with Crippen LogP contribution >= 0.6 is 0 Å². The molecule has 3 rings (SSSR count). The number of aromatic hydroxyl groups is 1. The predicted molar refractivity (Wildman–Crippen MR) is 59.6 cm³/mol. The van der Waals surface area contributed by atoms with Gasteiger partial charge >= 0.3 is 0 Å². The van der Waals surface area contributed by atoms with Gasteiger partial charge in [0.15, 0.2) is 0 Å². The molecule has 1 saturated heterocycles. The molecule has 2 heterocycles. The SMILES string of the molecule is O=C(N[C@H]1C[C@H]2OCC[C@@H]12)c1ccncc1O. The number of hydrogen-bond acceptors (Lipinski definition) is 4. The number of hydrogen-bond donors (Lipinski definition) is 2. The van der Waals surface area contributed by atoms with Crippen molar-refractivity contribution in [3.05, 3.63) is 24.0 Å². The smallest absolute Gasteiger partial charge is 0.255 e. The molecule has 0 aromatic carbocycles. The molecule has 5 heteroatoms. The third-order valence-electron chi connectivity index (χ3n) is 3.62. The van der Waals surface area contributed by atoms with Crippen molar-refractivity contribution >= 4 is 5.91 Å². The number of pyridine rings is 1. The molecule has 90 valence electrons. The Bertz CT molecular complexity index is 449. The Balaban J connectivity index is 1.66. The lowest BCUT2D eigenvalue weighted by Crippen LogP contribution is -2.53. The van der Waals surface area contributed by atoms with E-state index >= 15 is 0 Å². The topological polar surface area (TPSA) is 71.5 Å². The number of aromatic nitrogens is 1. The van der Waals surface area contributed by atoms with Gasteiger partial charge in [0.05, 0.1) is 17.9 Å². The maximum atomic E-state index is 11.9. The van der Waals surface area contributed by atoms with Gasteiger partial charge in [-0.3, -0.25) is 9.78 Å². The molecule has 0 bridgehead atoms. The van der Waals surface area contributed by atoms with Crippen LogP contribution < -0.4 is 5.32 Å². The highest BCUT2D eigenvalue weighted by Crippen LogP contribution is 2.38. The van der Waals surface area contributed by atoms with E-state index in [2.05, 4.69) is 10.3 Å². The molecule has 1 saturated carbocycles. The van der Waals surface area contributed by atoms with Gasteiger partial charge in [-0.15, -0.1) is 0 Å². The van der Waals surface area contributed by atoms with E-state index in [-0.39, 0.29) is 23.3 Å². The first-order valence-corrected chi connectivity index (χ1v) is 5.81. The van der Waals surface area contributed by atoms with Crippen molar-refractivity contribution in [2.45, 2.75) is 25.0 Å². The monoisotopic (exact) mass is 234 g/mol. The number of carbonyl (C=O) groups is 1. The van der Waals surface area contributed by atoms with Gasteiger partial charge in [-0.2, -0.15) is 0 Å². The standard InChI is InChI=1S/C12H14N2O3/c15-10-6-13-3-1-8(10)12(16)14-9-5-11-7(9)2-4-17-11/h1,3,6-7,9,11,15H,2,4-5H2,(H,14,16)/t7-,9-,11+/m0/s1. The zero-order valence-corrected chi connectivity index (χ0v) is 9.30. The molecule has 1 amide bonds. The summed E-state index contributed by atoms with van der Waals surface area (Å²) >= 11 is 0. The van der Waals surface area contributed by atoms with Gasteiger partial charge in [-0.25, -0.2) is 0 Å². The Morgan fingerprint density at radius 1 is 1.59 bits per heavy atom. The Kier molecular flexibility index (Phi) is 2.48. The molecule has 2 fully saturated rings. The molecule has 0 spiro atoms. The van der Waals surface area contributed by atoms with E-state index < -0.39 is 0 Å². The second-order valence-corrected chi connectivity index (χ2v) is 4.57. The first kappa shape index (κ1) is 10.5. The van der Waals surface area contributed by atoms with Crippen LogP contribution in [0.4, 0.5) is 0 Å². The Morgan fingerprint density at radius 3 is 3.24 bits per heavy atom. The van der Waals surface area contributed by atoms with Crippen molar-refractivity contribution in [1.82, 2.24) is 10.3 Å². The zero-order chi connectivity index (χ0) is 11.8. The molecule has 1 aromatic heterocycles. The number of fused-ring (bicyclic) bond motifs is 1. The lowest BCUT2D eigenvalue weighted by molar-refractivity contribution is 0.00807. The minimum absolute atomic E-state index is 0.0801. The molecule has 1 aliphatic carbocycles. The number of rotatable bonds is 2. The highest BCUT2D eigenvalue weighted by molar-refractivity contribution is 5.96. The first-order valence-electron chi connectivity index (χ1n) is 5.81. The molecule has 2 N–H and O–H groups in total. The number of ether oxygens (including phenoxy) is 1. The summed E-state index contributed by atoms with van der Waals surface area (Å²) < 4.78 is 5.48. The van der Waals surface area contributed by atoms with Gasteiger partial charge in [0.1, 0.15) is 5.75 Å². The Labute approximate surface area is 98.8 Å². The lowest BCUT2D eigenvalue weighted by atomic mass is 9.76. The molecule has 0 unspecified atom stereocenters. The highest BCUT2D eigenvalue weighted by atomic mass is 16.5. The summed E-state index contributed by atoms with van der Waals surface area (Å²) in [6.07, 6.45) is 4.99. The number of nitrogens with zero attached hydrogens (tertiary/aromatic N) is 1. The predicted octanol–water partition coefficient (Wildman–Crippen LogP) is 0.694. The quantitative estimate of drug-likeness (QED) is 0.790. The van der Waals surface area contributed by atoms with E-state index in [0.29, 0.717) is 12.0 Å². The van der Waals surface area contributed by atoms with Gasteiger partial charge < -0.3 is 15.2 Å². The third-order valence-corrected chi connectivity index (χ3v) is 3.62. The Hall–Kier alpha value is -1.62. The van der Waals surface area contributed by atoms with Gasteiger partial charge in [0, 0.05) is 24.8 Å². The van der Waals surface area contributed by atoms with Crippen molar-refractivity contribution < 1.29 is 14.6 Å². The summed E-state index contributed by atoms with van der Waals surface area (Å²) in [6.45, 7) is 0.794. The van der Waals surface area contributed by atoms with Crippen molar-refractivity contribution in [1.29, 1.82) is 0 Å². The van der Waals surface area contributed by atoms with Crippen LogP contribution in [-0.4, -0.2) is 34.8 Å². The van der Waals surface area contributed by atoms with Crippen molar-refractivity contribution in [3.63, 3.8) is 0 Å². The number of nitrogens with one attached hydrogen (secondary N) is 1. The first-order chi connectivity index (χ1) is 8.25. The molecule has 1 aromatic rings. The van der Waals surface area contributed by atoms with Crippen LogP contribution in [0.3, 0.4) is 0 Å². The van der Waals surface area contributed by atoms with Crippen LogP contribution in [0.2, 0.25) is 0 Å². The number of carbonyl (C=O) groups excluding carboxylic acids is 1. The largest absolute Gasteiger partial charge is 0.505 e. The van der Waals surface area contributed by atoms with Gasteiger partial charge in [-0.1, -0.05) is 0 Å². The molecule has 2 aliphatic rings. The summed E-state index contributed by atoms with van der Waals surface area (Å²) in [5, 5.41) is 12.5. The third kappa shape index (κ3) is 1.76. The summed E-state index contributed by atoms with van der Waals surface area (Å²) in [5.74, 6) is 0.131. The maximum Gasteiger partial charge on any atom is 0.255 e. The minimum atomic E-state index is -0.236. The summed E-state index contributed by atoms with van der Waals surface area (Å²) in [4.78, 5) is 15.7. The van der Waals surface area contributed by atoms with E-state index in [1.165, 1.54) is 18.5 Å². The van der Waals surface area contributed by atoms with Gasteiger partial charge in [0.25, 0.3) is 5.91 Å². The Morgan fingerprint density at radius 2 is 2.47 bits per heavy atom. The summed E-state index contributed by atoms with van der Waals surface area (Å²) in [7, 11) is 0. The fourth-order valence-corrected chi connectivity index (χ4v) is 2.59. The minimum Gasteiger partial charge on any atom is -0.505 e. The molecule has 5 nitrogen and oxygen atoms in total. The molecule has 0 radical (unpaired) electrons. The van der Waals surface area contributed by atoms with Crippen LogP contribution in [0, 0.1) is 5.92 Å². The molecule has 1 aliphatic heterocycles. The van der Waals surface area contributed by atoms with Crippen molar-refractivity contribution in [2.75, 3.05) is 6.61 Å². The second-order valence-electron chi connectivity index (χ2n) is 4.57. The second kappa shape index (κ2) is 4.00. The van der Waals surface area contributed by atoms with E-state index in [0.717, 1.165) is 19.4 Å². The van der Waals surface area contributed by atoms with E-state index in [4.69, 9.17) is 4.74 Å². The average Bonchev–Trinajstić information content (AvgIpc) is 2.68. The summed E-state index contributed by atoms with van der Waals surface area (Å²) in [6, 6.07) is 1.70. The highest BCUT2D eigenvalue weighted by Gasteiger charge is 2.45. The number of amides is 1. The fourth-order valence-electron chi connectivity index (χ4n) is 2.59. The van der Waals surface area contributed by atoms with E-state index in [1.807, 2.05) is 0 Å². The fraction of sp³-hybridized carbons (Fsp3) is 0.500. The van der Waals surface area contributed by atoms with Crippen molar-refractivity contribution in [3.8, 4) is 5.75 Å². The molecular weight excluding hydrogens is 220 g/mol. The van der Waals surface area contributed by atoms with Gasteiger partial charge in [0.2, 0.25) is 0 Å². The molecule has 3 atom stereocenters. The summed E-state index contributed by atoms with van der Waals surface area (Å²) in [5.41, 5.74) is 0.280. The maximum absolute atomic E-state index is 11.9. The van der Waals surface area contributed by atoms with Crippen LogP contribution in [0.5, 0.6) is 5.75 Å².